The molecule has 1 fully saturated rings. The van der Waals surface area contributed by atoms with Crippen LogP contribution in [-0.2, 0) is 4.87 Å². The van der Waals surface area contributed by atoms with Crippen LogP contribution in [0.15, 0.2) is 24.3 Å². The first-order valence-corrected chi connectivity index (χ1v) is 4.84. The Balaban J connectivity index is 2.32. The van der Waals surface area contributed by atoms with Crippen LogP contribution < -0.4 is 11.3 Å². The van der Waals surface area contributed by atoms with Gasteiger partial charge in [-0.3, -0.25) is 11.3 Å². The van der Waals surface area contributed by atoms with Gasteiger partial charge in [-0.25, -0.2) is 0 Å². The lowest BCUT2D eigenvalue weighted by Crippen LogP contribution is -2.29. The van der Waals surface area contributed by atoms with E-state index in [4.69, 9.17) is 29.0 Å². The highest BCUT2D eigenvalue weighted by atomic mass is 35.5. The minimum absolute atomic E-state index is 0.133. The van der Waals surface area contributed by atoms with Gasteiger partial charge in [-0.05, 0) is 18.1 Å². The van der Waals surface area contributed by atoms with Crippen molar-refractivity contribution in [3.05, 3.63) is 34.9 Å². The van der Waals surface area contributed by atoms with Crippen LogP contribution in [0.25, 0.3) is 0 Å². The number of hydrogen-bond acceptors (Lipinski definition) is 2. The summed E-state index contributed by atoms with van der Waals surface area (Å²) in [5.41, 5.74) is 3.62. The maximum Gasteiger partial charge on any atom is 0.0891 e. The molecule has 3 N–H and O–H groups in total. The van der Waals surface area contributed by atoms with Crippen molar-refractivity contribution < 1.29 is 0 Å². The molecule has 0 heterocycles. The molecule has 0 aromatic heterocycles. The Hall–Kier alpha value is -0.280. The van der Waals surface area contributed by atoms with Crippen molar-refractivity contribution in [2.24, 2.45) is 5.84 Å². The summed E-state index contributed by atoms with van der Waals surface area (Å²) in [5, 5.41) is 0.704. The van der Waals surface area contributed by atoms with E-state index in [1.807, 2.05) is 24.3 Å². The van der Waals surface area contributed by atoms with Gasteiger partial charge in [0, 0.05) is 11.1 Å². The van der Waals surface area contributed by atoms with E-state index in [0.29, 0.717) is 5.02 Å². The minimum atomic E-state index is -0.396. The van der Waals surface area contributed by atoms with Gasteiger partial charge in [-0.2, -0.15) is 0 Å². The molecule has 2 unspecified atom stereocenters. The molecular formula is C9H10Cl2N2. The van der Waals surface area contributed by atoms with Gasteiger partial charge in [-0.1, -0.05) is 29.8 Å². The average Bonchev–Trinajstić information content (AvgIpc) is 2.79. The molecule has 0 spiro atoms. The van der Waals surface area contributed by atoms with Crippen molar-refractivity contribution >= 4 is 23.2 Å². The number of hydrazine groups is 1. The summed E-state index contributed by atoms with van der Waals surface area (Å²) < 4.78 is 0. The van der Waals surface area contributed by atoms with E-state index >= 15 is 0 Å². The first-order valence-electron chi connectivity index (χ1n) is 4.08. The Morgan fingerprint density at radius 3 is 2.69 bits per heavy atom. The molecule has 1 aromatic rings. The van der Waals surface area contributed by atoms with Crippen molar-refractivity contribution in [1.29, 1.82) is 0 Å². The van der Waals surface area contributed by atoms with Gasteiger partial charge in [0.05, 0.1) is 4.87 Å². The Kier molecular flexibility index (Phi) is 2.24. The van der Waals surface area contributed by atoms with Crippen molar-refractivity contribution in [3.63, 3.8) is 0 Å². The number of nitrogens with two attached hydrogens (primary N) is 1. The summed E-state index contributed by atoms with van der Waals surface area (Å²) in [6.07, 6.45) is 0.828. The fourth-order valence-corrected chi connectivity index (χ4v) is 2.26. The average molecular weight is 217 g/mol. The first kappa shape index (κ1) is 9.28. The first-order chi connectivity index (χ1) is 6.18. The Morgan fingerprint density at radius 2 is 2.15 bits per heavy atom. The van der Waals surface area contributed by atoms with Crippen LogP contribution in [0.5, 0.6) is 0 Å². The summed E-state index contributed by atoms with van der Waals surface area (Å²) in [6.45, 7) is 0. The standard InChI is InChI=1S/C9H10Cl2N2/c10-7-4-2-1-3-6(7)9(11)5-8(9)13-12/h1-4,8,13H,5,12H2. The van der Waals surface area contributed by atoms with Gasteiger partial charge < -0.3 is 0 Å². The van der Waals surface area contributed by atoms with Gasteiger partial charge in [0.2, 0.25) is 0 Å². The molecule has 2 atom stereocenters. The zero-order valence-electron chi connectivity index (χ0n) is 6.93. The molecule has 0 bridgehead atoms. The second-order valence-corrected chi connectivity index (χ2v) is 4.35. The third-order valence-corrected chi connectivity index (χ3v) is 3.37. The third-order valence-electron chi connectivity index (χ3n) is 2.42. The molecule has 1 aliphatic carbocycles. The number of hydrogen-bond donors (Lipinski definition) is 2. The van der Waals surface area contributed by atoms with Crippen molar-refractivity contribution in [2.75, 3.05) is 0 Å². The monoisotopic (exact) mass is 216 g/mol. The number of nitrogens with one attached hydrogen (secondary N) is 1. The molecule has 1 saturated carbocycles. The third kappa shape index (κ3) is 1.44. The molecule has 1 aliphatic rings. The largest absolute Gasteiger partial charge is 0.271 e. The van der Waals surface area contributed by atoms with E-state index < -0.39 is 4.87 Å². The Labute approximate surface area is 87.0 Å². The Bertz CT molecular complexity index is 329. The van der Waals surface area contributed by atoms with Crippen molar-refractivity contribution in [2.45, 2.75) is 17.3 Å². The molecule has 2 rings (SSSR count). The molecule has 0 radical (unpaired) electrons. The number of benzene rings is 1. The Morgan fingerprint density at radius 1 is 1.46 bits per heavy atom. The molecule has 1 aromatic carbocycles. The highest BCUT2D eigenvalue weighted by Crippen LogP contribution is 2.53. The fraction of sp³-hybridized carbons (Fsp3) is 0.333. The fourth-order valence-electron chi connectivity index (χ4n) is 1.53. The van der Waals surface area contributed by atoms with Crippen LogP contribution in [0.4, 0.5) is 0 Å². The lowest BCUT2D eigenvalue weighted by molar-refractivity contribution is 0.696. The van der Waals surface area contributed by atoms with Crippen LogP contribution in [-0.4, -0.2) is 6.04 Å². The van der Waals surface area contributed by atoms with Crippen LogP contribution in [0, 0.1) is 0 Å². The lowest BCUT2D eigenvalue weighted by atomic mass is 10.1. The summed E-state index contributed by atoms with van der Waals surface area (Å²) in [5.74, 6) is 5.32. The second kappa shape index (κ2) is 3.14. The van der Waals surface area contributed by atoms with Crippen LogP contribution in [0.1, 0.15) is 12.0 Å². The van der Waals surface area contributed by atoms with Gasteiger partial charge in [-0.15, -0.1) is 11.6 Å². The van der Waals surface area contributed by atoms with Crippen LogP contribution in [0.3, 0.4) is 0 Å². The maximum atomic E-state index is 6.31. The molecule has 4 heteroatoms. The highest BCUT2D eigenvalue weighted by molar-refractivity contribution is 6.34. The lowest BCUT2D eigenvalue weighted by Gasteiger charge is -2.10. The number of halogens is 2. The highest BCUT2D eigenvalue weighted by Gasteiger charge is 2.54. The molecule has 2 nitrogen and oxygen atoms in total. The van der Waals surface area contributed by atoms with Crippen LogP contribution in [0.2, 0.25) is 5.02 Å². The van der Waals surface area contributed by atoms with Crippen LogP contribution >= 0.6 is 23.2 Å². The van der Waals surface area contributed by atoms with E-state index in [0.717, 1.165) is 12.0 Å². The molecule has 0 aliphatic heterocycles. The smallest absolute Gasteiger partial charge is 0.0891 e. The van der Waals surface area contributed by atoms with E-state index in [-0.39, 0.29) is 6.04 Å². The quantitative estimate of drug-likeness (QED) is 0.451. The van der Waals surface area contributed by atoms with Gasteiger partial charge >= 0.3 is 0 Å². The maximum absolute atomic E-state index is 6.31. The van der Waals surface area contributed by atoms with E-state index in [1.54, 1.807) is 0 Å². The molecule has 13 heavy (non-hydrogen) atoms. The van der Waals surface area contributed by atoms with Crippen molar-refractivity contribution in [1.82, 2.24) is 5.43 Å². The molecule has 0 amide bonds. The van der Waals surface area contributed by atoms with E-state index in [2.05, 4.69) is 5.43 Å². The minimum Gasteiger partial charge on any atom is -0.271 e. The van der Waals surface area contributed by atoms with Gasteiger partial charge in [0.25, 0.3) is 0 Å². The van der Waals surface area contributed by atoms with Gasteiger partial charge in [0.15, 0.2) is 0 Å². The predicted molar refractivity (Wildman–Crippen MR) is 54.7 cm³/mol. The van der Waals surface area contributed by atoms with Gasteiger partial charge in [0.1, 0.15) is 0 Å². The normalized spacial score (nSPS) is 31.8. The summed E-state index contributed by atoms with van der Waals surface area (Å²) in [4.78, 5) is -0.396. The summed E-state index contributed by atoms with van der Waals surface area (Å²) in [7, 11) is 0. The molecule has 70 valence electrons. The van der Waals surface area contributed by atoms with E-state index in [9.17, 15) is 0 Å². The van der Waals surface area contributed by atoms with Crippen molar-refractivity contribution in [3.8, 4) is 0 Å². The SMILES string of the molecule is NNC1CC1(Cl)c1ccccc1Cl. The topological polar surface area (TPSA) is 38.0 Å². The molecule has 0 saturated heterocycles. The summed E-state index contributed by atoms with van der Waals surface area (Å²) >= 11 is 12.3. The predicted octanol–water partition coefficient (Wildman–Crippen LogP) is 2.01. The zero-order chi connectivity index (χ0) is 9.47. The van der Waals surface area contributed by atoms with E-state index in [1.165, 1.54) is 0 Å². The zero-order valence-corrected chi connectivity index (χ0v) is 8.44. The summed E-state index contributed by atoms with van der Waals surface area (Å²) in [6, 6.07) is 7.73. The second-order valence-electron chi connectivity index (χ2n) is 3.27. The molecular weight excluding hydrogens is 207 g/mol. The number of rotatable bonds is 2. The number of alkyl halides is 1.